The summed E-state index contributed by atoms with van der Waals surface area (Å²) in [4.78, 5) is 11.0. The summed E-state index contributed by atoms with van der Waals surface area (Å²) in [5.41, 5.74) is -0.978. The second-order valence-corrected chi connectivity index (χ2v) is 3.88. The van der Waals surface area contributed by atoms with E-state index in [4.69, 9.17) is 14.6 Å². The Balaban J connectivity index is 2.32. The van der Waals surface area contributed by atoms with Crippen LogP contribution in [0.15, 0.2) is 0 Å². The van der Waals surface area contributed by atoms with Gasteiger partial charge in [0.25, 0.3) is 0 Å². The summed E-state index contributed by atoms with van der Waals surface area (Å²) >= 11 is 0. The SMILES string of the molecule is COCCCOC(C)(C(=O)O)C1CC1. The predicted molar refractivity (Wildman–Crippen MR) is 51.2 cm³/mol. The first kappa shape index (κ1) is 11.5. The lowest BCUT2D eigenvalue weighted by Gasteiger charge is -2.25. The third-order valence-electron chi connectivity index (χ3n) is 2.68. The molecule has 1 fully saturated rings. The van der Waals surface area contributed by atoms with Crippen LogP contribution < -0.4 is 0 Å². The maximum atomic E-state index is 11.0. The Morgan fingerprint density at radius 3 is 2.57 bits per heavy atom. The number of aliphatic carboxylic acids is 1. The van der Waals surface area contributed by atoms with Gasteiger partial charge in [-0.05, 0) is 32.1 Å². The molecule has 4 heteroatoms. The Kier molecular flexibility index (Phi) is 3.89. The fourth-order valence-electron chi connectivity index (χ4n) is 1.48. The zero-order valence-corrected chi connectivity index (χ0v) is 8.78. The van der Waals surface area contributed by atoms with Gasteiger partial charge in [-0.15, -0.1) is 0 Å². The van der Waals surface area contributed by atoms with Crippen LogP contribution in [-0.4, -0.2) is 37.0 Å². The lowest BCUT2D eigenvalue weighted by molar-refractivity contribution is -0.167. The molecule has 14 heavy (non-hydrogen) atoms. The molecule has 0 heterocycles. The molecule has 0 aromatic rings. The quantitative estimate of drug-likeness (QED) is 0.632. The van der Waals surface area contributed by atoms with Gasteiger partial charge in [0.15, 0.2) is 5.60 Å². The number of carbonyl (C=O) groups is 1. The van der Waals surface area contributed by atoms with E-state index >= 15 is 0 Å². The number of hydrogen-bond acceptors (Lipinski definition) is 3. The van der Waals surface area contributed by atoms with Crippen molar-refractivity contribution in [3.8, 4) is 0 Å². The van der Waals surface area contributed by atoms with Crippen LogP contribution in [-0.2, 0) is 14.3 Å². The lowest BCUT2D eigenvalue weighted by atomic mass is 10.0. The molecule has 0 aliphatic heterocycles. The van der Waals surface area contributed by atoms with Gasteiger partial charge < -0.3 is 14.6 Å². The zero-order valence-electron chi connectivity index (χ0n) is 8.78. The number of ether oxygens (including phenoxy) is 2. The minimum atomic E-state index is -0.978. The van der Waals surface area contributed by atoms with Crippen LogP contribution in [0.25, 0.3) is 0 Å². The fourth-order valence-corrected chi connectivity index (χ4v) is 1.48. The molecule has 0 saturated heterocycles. The summed E-state index contributed by atoms with van der Waals surface area (Å²) in [6.45, 7) is 2.73. The number of methoxy groups -OCH3 is 1. The highest BCUT2D eigenvalue weighted by Gasteiger charge is 2.48. The molecule has 4 nitrogen and oxygen atoms in total. The van der Waals surface area contributed by atoms with Crippen LogP contribution >= 0.6 is 0 Å². The smallest absolute Gasteiger partial charge is 0.335 e. The van der Waals surface area contributed by atoms with Crippen molar-refractivity contribution >= 4 is 5.97 Å². The first-order valence-electron chi connectivity index (χ1n) is 4.97. The van der Waals surface area contributed by atoms with Gasteiger partial charge in [0.2, 0.25) is 0 Å². The van der Waals surface area contributed by atoms with Crippen molar-refractivity contribution in [2.24, 2.45) is 5.92 Å². The minimum Gasteiger partial charge on any atom is -0.479 e. The van der Waals surface area contributed by atoms with E-state index in [2.05, 4.69) is 0 Å². The second kappa shape index (κ2) is 4.75. The van der Waals surface area contributed by atoms with Crippen LogP contribution in [0.3, 0.4) is 0 Å². The molecule has 0 bridgehead atoms. The molecule has 1 aliphatic rings. The number of carboxylic acids is 1. The third-order valence-corrected chi connectivity index (χ3v) is 2.68. The standard InChI is InChI=1S/C10H18O4/c1-10(9(11)12,8-4-5-8)14-7-3-6-13-2/h8H,3-7H2,1-2H3,(H,11,12). The Morgan fingerprint density at radius 1 is 1.50 bits per heavy atom. The predicted octanol–water partition coefficient (Wildman–Crippen LogP) is 1.29. The molecule has 0 radical (unpaired) electrons. The number of carboxylic acid groups (broad SMARTS) is 1. The average molecular weight is 202 g/mol. The Morgan fingerprint density at radius 2 is 2.14 bits per heavy atom. The molecular weight excluding hydrogens is 184 g/mol. The van der Waals surface area contributed by atoms with E-state index in [0.717, 1.165) is 19.3 Å². The minimum absolute atomic E-state index is 0.197. The highest BCUT2D eigenvalue weighted by molar-refractivity contribution is 5.77. The van der Waals surface area contributed by atoms with E-state index in [1.807, 2.05) is 0 Å². The van der Waals surface area contributed by atoms with Crippen LogP contribution in [0.4, 0.5) is 0 Å². The van der Waals surface area contributed by atoms with Gasteiger partial charge in [0, 0.05) is 13.7 Å². The van der Waals surface area contributed by atoms with E-state index in [0.29, 0.717) is 13.2 Å². The summed E-state index contributed by atoms with van der Waals surface area (Å²) in [5.74, 6) is -0.653. The van der Waals surface area contributed by atoms with Gasteiger partial charge in [-0.2, -0.15) is 0 Å². The van der Waals surface area contributed by atoms with Gasteiger partial charge in [-0.3, -0.25) is 0 Å². The molecule has 0 aromatic carbocycles. The van der Waals surface area contributed by atoms with E-state index in [1.165, 1.54) is 0 Å². The highest BCUT2D eigenvalue weighted by Crippen LogP contribution is 2.42. The topological polar surface area (TPSA) is 55.8 Å². The lowest BCUT2D eigenvalue weighted by Crippen LogP contribution is -2.41. The maximum Gasteiger partial charge on any atom is 0.335 e. The molecule has 1 saturated carbocycles. The summed E-state index contributed by atoms with van der Waals surface area (Å²) in [5, 5.41) is 9.04. The Labute approximate surface area is 84.2 Å². The van der Waals surface area contributed by atoms with Crippen molar-refractivity contribution in [2.75, 3.05) is 20.3 Å². The number of hydrogen-bond donors (Lipinski definition) is 1. The Bertz CT molecular complexity index is 200. The molecule has 1 unspecified atom stereocenters. The monoisotopic (exact) mass is 202 g/mol. The molecule has 0 spiro atoms. The fraction of sp³-hybridized carbons (Fsp3) is 0.900. The van der Waals surface area contributed by atoms with Gasteiger partial charge >= 0.3 is 5.97 Å². The van der Waals surface area contributed by atoms with Crippen LogP contribution in [0.2, 0.25) is 0 Å². The van der Waals surface area contributed by atoms with E-state index in [-0.39, 0.29) is 5.92 Å². The molecule has 1 N–H and O–H groups in total. The van der Waals surface area contributed by atoms with Crippen molar-refractivity contribution < 1.29 is 19.4 Å². The Hall–Kier alpha value is -0.610. The zero-order chi connectivity index (χ0) is 10.6. The molecule has 1 atom stereocenters. The maximum absolute atomic E-state index is 11.0. The van der Waals surface area contributed by atoms with Crippen molar-refractivity contribution in [2.45, 2.75) is 31.8 Å². The molecule has 82 valence electrons. The van der Waals surface area contributed by atoms with Gasteiger partial charge in [-0.25, -0.2) is 4.79 Å². The molecule has 0 amide bonds. The van der Waals surface area contributed by atoms with Crippen LogP contribution in [0, 0.1) is 5.92 Å². The van der Waals surface area contributed by atoms with Crippen molar-refractivity contribution in [3.63, 3.8) is 0 Å². The van der Waals surface area contributed by atoms with E-state index in [1.54, 1.807) is 14.0 Å². The largest absolute Gasteiger partial charge is 0.479 e. The van der Waals surface area contributed by atoms with E-state index < -0.39 is 11.6 Å². The summed E-state index contributed by atoms with van der Waals surface area (Å²) in [6, 6.07) is 0. The number of rotatable bonds is 7. The second-order valence-electron chi connectivity index (χ2n) is 3.88. The van der Waals surface area contributed by atoms with Gasteiger partial charge in [0.1, 0.15) is 0 Å². The van der Waals surface area contributed by atoms with Crippen molar-refractivity contribution in [3.05, 3.63) is 0 Å². The molecule has 1 rings (SSSR count). The first-order chi connectivity index (χ1) is 6.61. The van der Waals surface area contributed by atoms with Crippen molar-refractivity contribution in [1.29, 1.82) is 0 Å². The van der Waals surface area contributed by atoms with Crippen LogP contribution in [0.5, 0.6) is 0 Å². The summed E-state index contributed by atoms with van der Waals surface area (Å²) < 4.78 is 10.3. The third kappa shape index (κ3) is 2.69. The highest BCUT2D eigenvalue weighted by atomic mass is 16.5. The first-order valence-corrected chi connectivity index (χ1v) is 4.97. The van der Waals surface area contributed by atoms with E-state index in [9.17, 15) is 4.79 Å². The normalized spacial score (nSPS) is 20.4. The van der Waals surface area contributed by atoms with Gasteiger partial charge in [0.05, 0.1) is 6.61 Å². The molecule has 0 aromatic heterocycles. The van der Waals surface area contributed by atoms with Gasteiger partial charge in [-0.1, -0.05) is 0 Å². The molecular formula is C10H18O4. The van der Waals surface area contributed by atoms with Crippen LogP contribution in [0.1, 0.15) is 26.2 Å². The summed E-state index contributed by atoms with van der Waals surface area (Å²) in [7, 11) is 1.62. The van der Waals surface area contributed by atoms with Crippen molar-refractivity contribution in [1.82, 2.24) is 0 Å². The summed E-state index contributed by atoms with van der Waals surface area (Å²) in [6.07, 6.45) is 2.67. The average Bonchev–Trinajstić information content (AvgIpc) is 2.95. The molecule has 1 aliphatic carbocycles.